The van der Waals surface area contributed by atoms with E-state index in [9.17, 15) is 13.7 Å². The quantitative estimate of drug-likeness (QED) is 0.478. The van der Waals surface area contributed by atoms with Crippen molar-refractivity contribution in [2.75, 3.05) is 27.3 Å². The molecule has 0 saturated carbocycles. The molecule has 1 aliphatic heterocycles. The van der Waals surface area contributed by atoms with Crippen molar-refractivity contribution in [1.82, 2.24) is 9.21 Å². The van der Waals surface area contributed by atoms with Crippen molar-refractivity contribution in [1.29, 1.82) is 5.26 Å². The minimum atomic E-state index is -3.94. The van der Waals surface area contributed by atoms with E-state index in [0.29, 0.717) is 29.7 Å². The van der Waals surface area contributed by atoms with E-state index >= 15 is 0 Å². The molecular weight excluding hydrogens is 538 g/mol. The Balaban J connectivity index is 2.08. The highest BCUT2D eigenvalue weighted by Crippen LogP contribution is 2.34. The van der Waals surface area contributed by atoms with Crippen LogP contribution in [0.5, 0.6) is 11.5 Å². The molecule has 0 aromatic heterocycles. The van der Waals surface area contributed by atoms with Gasteiger partial charge < -0.3 is 14.4 Å². The average Bonchev–Trinajstić information content (AvgIpc) is 3.21. The lowest BCUT2D eigenvalue weighted by Gasteiger charge is -2.29. The second-order valence-corrected chi connectivity index (χ2v) is 10.4. The summed E-state index contributed by atoms with van der Waals surface area (Å²) in [5.74, 6) is 0.902. The summed E-state index contributed by atoms with van der Waals surface area (Å²) in [6.07, 6.45) is 2.68. The zero-order valence-corrected chi connectivity index (χ0v) is 20.5. The maximum Gasteiger partial charge on any atom is 0.247 e. The third-order valence-electron chi connectivity index (χ3n) is 5.00. The van der Waals surface area contributed by atoms with Crippen LogP contribution in [0.3, 0.4) is 0 Å². The molecule has 30 heavy (non-hydrogen) atoms. The lowest BCUT2D eigenvalue weighted by molar-refractivity contribution is 0.311. The van der Waals surface area contributed by atoms with Crippen LogP contribution in [0.25, 0.3) is 0 Å². The van der Waals surface area contributed by atoms with Crippen molar-refractivity contribution in [3.05, 3.63) is 50.9 Å². The number of benzene rings is 2. The molecule has 0 radical (unpaired) electrons. The molecule has 1 aliphatic rings. The second-order valence-electron chi connectivity index (χ2n) is 6.79. The molecule has 160 valence electrons. The highest BCUT2D eigenvalue weighted by Gasteiger charge is 2.37. The number of rotatable bonds is 7. The number of ether oxygens (including phenoxy) is 2. The first kappa shape index (κ1) is 22.9. The largest absolute Gasteiger partial charge is 0.497 e. The Labute approximate surface area is 193 Å². The SMILES string of the molecule is COc1ccc(Br)c(CN(C2CCN(C#N)C2)S(=O)(=O)c2cc(Br)ccc2OC)c1. The fourth-order valence-corrected chi connectivity index (χ4v) is 6.12. The van der Waals surface area contributed by atoms with Gasteiger partial charge in [0.1, 0.15) is 16.4 Å². The first-order valence-electron chi connectivity index (χ1n) is 9.12. The number of halogens is 2. The molecule has 7 nitrogen and oxygen atoms in total. The summed E-state index contributed by atoms with van der Waals surface area (Å²) < 4.78 is 41.1. The molecule has 3 rings (SSSR count). The predicted molar refractivity (Wildman–Crippen MR) is 120 cm³/mol. The number of sulfonamides is 1. The van der Waals surface area contributed by atoms with Crippen LogP contribution in [-0.4, -0.2) is 51.0 Å². The van der Waals surface area contributed by atoms with Crippen molar-refractivity contribution in [2.45, 2.75) is 23.9 Å². The van der Waals surface area contributed by atoms with Crippen LogP contribution in [-0.2, 0) is 16.6 Å². The molecular formula is C20H21Br2N3O4S. The minimum Gasteiger partial charge on any atom is -0.497 e. The van der Waals surface area contributed by atoms with Gasteiger partial charge >= 0.3 is 0 Å². The van der Waals surface area contributed by atoms with Gasteiger partial charge in [-0.3, -0.25) is 0 Å². The molecule has 1 heterocycles. The van der Waals surface area contributed by atoms with E-state index in [-0.39, 0.29) is 23.2 Å². The van der Waals surface area contributed by atoms with Crippen LogP contribution < -0.4 is 9.47 Å². The molecule has 0 aliphatic carbocycles. The van der Waals surface area contributed by atoms with Gasteiger partial charge in [0.25, 0.3) is 0 Å². The molecule has 0 bridgehead atoms. The number of nitriles is 1. The number of nitrogens with zero attached hydrogens (tertiary/aromatic N) is 3. The zero-order chi connectivity index (χ0) is 21.9. The van der Waals surface area contributed by atoms with Crippen LogP contribution in [0, 0.1) is 11.5 Å². The molecule has 1 atom stereocenters. The smallest absolute Gasteiger partial charge is 0.247 e. The number of hydrogen-bond acceptors (Lipinski definition) is 6. The van der Waals surface area contributed by atoms with Gasteiger partial charge in [-0.1, -0.05) is 31.9 Å². The van der Waals surface area contributed by atoms with E-state index in [1.165, 1.54) is 11.4 Å². The van der Waals surface area contributed by atoms with E-state index in [0.717, 1.165) is 10.0 Å². The van der Waals surface area contributed by atoms with Crippen LogP contribution in [0.2, 0.25) is 0 Å². The summed E-state index contributed by atoms with van der Waals surface area (Å²) >= 11 is 6.87. The molecule has 0 amide bonds. The highest BCUT2D eigenvalue weighted by molar-refractivity contribution is 9.10. The fraction of sp³-hybridized carbons (Fsp3) is 0.350. The topological polar surface area (TPSA) is 82.9 Å². The Hall–Kier alpha value is -1.80. The fourth-order valence-electron chi connectivity index (χ4n) is 3.42. The van der Waals surface area contributed by atoms with Gasteiger partial charge in [-0.25, -0.2) is 8.42 Å². The summed E-state index contributed by atoms with van der Waals surface area (Å²) in [6, 6.07) is 9.98. The average molecular weight is 559 g/mol. The predicted octanol–water partition coefficient (Wildman–Crippen LogP) is 3.98. The van der Waals surface area contributed by atoms with Gasteiger partial charge in [0.2, 0.25) is 10.0 Å². The maximum atomic E-state index is 13.8. The van der Waals surface area contributed by atoms with Crippen molar-refractivity contribution in [2.24, 2.45) is 0 Å². The lowest BCUT2D eigenvalue weighted by atomic mass is 10.2. The molecule has 0 N–H and O–H groups in total. The third kappa shape index (κ3) is 4.75. The van der Waals surface area contributed by atoms with Crippen LogP contribution >= 0.6 is 31.9 Å². The molecule has 2 aromatic carbocycles. The van der Waals surface area contributed by atoms with Gasteiger partial charge in [-0.2, -0.15) is 9.57 Å². The number of hydrogen-bond donors (Lipinski definition) is 0. The van der Waals surface area contributed by atoms with E-state index in [1.54, 1.807) is 36.3 Å². The third-order valence-corrected chi connectivity index (χ3v) is 8.19. The maximum absolute atomic E-state index is 13.8. The van der Waals surface area contributed by atoms with Gasteiger partial charge in [0, 0.05) is 34.6 Å². The van der Waals surface area contributed by atoms with Crippen molar-refractivity contribution >= 4 is 41.9 Å². The van der Waals surface area contributed by atoms with E-state index in [2.05, 4.69) is 38.1 Å². The summed E-state index contributed by atoms with van der Waals surface area (Å²) in [7, 11) is -0.927. The summed E-state index contributed by atoms with van der Waals surface area (Å²) in [5, 5.41) is 9.26. The summed E-state index contributed by atoms with van der Waals surface area (Å²) in [6.45, 7) is 0.982. The number of methoxy groups -OCH3 is 2. The first-order chi connectivity index (χ1) is 14.3. The standard InChI is InChI=1S/C20H21Br2N3O4S/c1-28-17-4-5-18(22)14(9-17)11-25(16-7-8-24(12-16)13-23)30(26,27)20-10-15(21)3-6-19(20)29-2/h3-6,9-10,16H,7-8,11-12H2,1-2H3. The zero-order valence-electron chi connectivity index (χ0n) is 16.5. The lowest BCUT2D eigenvalue weighted by Crippen LogP contribution is -2.41. The van der Waals surface area contributed by atoms with Gasteiger partial charge in [0.05, 0.1) is 14.2 Å². The highest BCUT2D eigenvalue weighted by atomic mass is 79.9. The van der Waals surface area contributed by atoms with E-state index in [1.807, 2.05) is 12.1 Å². The number of likely N-dealkylation sites (tertiary alicyclic amines) is 1. The van der Waals surface area contributed by atoms with E-state index < -0.39 is 10.0 Å². The van der Waals surface area contributed by atoms with Crippen molar-refractivity contribution in [3.63, 3.8) is 0 Å². The Morgan fingerprint density at radius 1 is 1.20 bits per heavy atom. The van der Waals surface area contributed by atoms with Gasteiger partial charge in [0.15, 0.2) is 6.19 Å². The molecule has 0 spiro atoms. The summed E-state index contributed by atoms with van der Waals surface area (Å²) in [5.41, 5.74) is 0.766. The Morgan fingerprint density at radius 2 is 1.97 bits per heavy atom. The molecule has 2 aromatic rings. The molecule has 1 unspecified atom stereocenters. The van der Waals surface area contributed by atoms with Gasteiger partial charge in [-0.05, 0) is 48.4 Å². The van der Waals surface area contributed by atoms with Crippen LogP contribution in [0.4, 0.5) is 0 Å². The minimum absolute atomic E-state index is 0.0776. The Morgan fingerprint density at radius 3 is 2.60 bits per heavy atom. The normalized spacial score (nSPS) is 16.5. The molecule has 1 fully saturated rings. The first-order valence-corrected chi connectivity index (χ1v) is 12.1. The Bertz CT molecular complexity index is 1070. The monoisotopic (exact) mass is 557 g/mol. The van der Waals surface area contributed by atoms with Crippen molar-refractivity contribution in [3.8, 4) is 17.7 Å². The van der Waals surface area contributed by atoms with E-state index in [4.69, 9.17) is 9.47 Å². The second kappa shape index (κ2) is 9.56. The molecule has 1 saturated heterocycles. The molecule has 10 heteroatoms. The van der Waals surface area contributed by atoms with Gasteiger partial charge in [-0.15, -0.1) is 0 Å². The Kier molecular flexibility index (Phi) is 7.29. The van der Waals surface area contributed by atoms with Crippen molar-refractivity contribution < 1.29 is 17.9 Å². The van der Waals surface area contributed by atoms with Crippen LogP contribution in [0.15, 0.2) is 50.2 Å². The van der Waals surface area contributed by atoms with Crippen LogP contribution in [0.1, 0.15) is 12.0 Å². The summed E-state index contributed by atoms with van der Waals surface area (Å²) in [4.78, 5) is 1.65.